The van der Waals surface area contributed by atoms with Crippen molar-refractivity contribution in [3.8, 4) is 0 Å². The van der Waals surface area contributed by atoms with Crippen LogP contribution in [-0.2, 0) is 4.74 Å². The van der Waals surface area contributed by atoms with Gasteiger partial charge in [-0.25, -0.2) is 0 Å². The van der Waals surface area contributed by atoms with Gasteiger partial charge in [0.05, 0.1) is 12.2 Å². The minimum Gasteiger partial charge on any atom is -0.366 e. The van der Waals surface area contributed by atoms with Crippen LogP contribution in [0.25, 0.3) is 0 Å². The van der Waals surface area contributed by atoms with E-state index >= 15 is 0 Å². The largest absolute Gasteiger partial charge is 0.366 e. The fourth-order valence-electron chi connectivity index (χ4n) is 1.41. The second-order valence-electron chi connectivity index (χ2n) is 4.60. The van der Waals surface area contributed by atoms with Crippen LogP contribution < -0.4 is 0 Å². The standard InChI is InChI=1S/C14H26O/c1-7-9-13(11(3)4)15-14(10-8-2)12(5)6/h7-14H,1-6H3. The van der Waals surface area contributed by atoms with E-state index in [1.807, 2.05) is 13.8 Å². The number of hydrogen-bond acceptors (Lipinski definition) is 1. The smallest absolute Gasteiger partial charge is 0.0786 e. The Hall–Kier alpha value is -0.560. The first-order chi connectivity index (χ1) is 7.02. The van der Waals surface area contributed by atoms with Crippen molar-refractivity contribution < 1.29 is 4.74 Å². The minimum atomic E-state index is 0.221. The molecule has 0 saturated heterocycles. The molecule has 0 aromatic heterocycles. The third-order valence-electron chi connectivity index (χ3n) is 2.39. The normalized spacial score (nSPS) is 17.1. The predicted molar refractivity (Wildman–Crippen MR) is 68.0 cm³/mol. The lowest BCUT2D eigenvalue weighted by Gasteiger charge is -2.26. The van der Waals surface area contributed by atoms with Crippen LogP contribution >= 0.6 is 0 Å². The van der Waals surface area contributed by atoms with E-state index in [0.29, 0.717) is 11.8 Å². The molecular weight excluding hydrogens is 184 g/mol. The van der Waals surface area contributed by atoms with Gasteiger partial charge in [0.2, 0.25) is 0 Å². The zero-order valence-electron chi connectivity index (χ0n) is 11.0. The minimum absolute atomic E-state index is 0.221. The summed E-state index contributed by atoms with van der Waals surface area (Å²) in [5.41, 5.74) is 0. The summed E-state index contributed by atoms with van der Waals surface area (Å²) in [6, 6.07) is 0. The first-order valence-electron chi connectivity index (χ1n) is 5.94. The van der Waals surface area contributed by atoms with E-state index in [1.165, 1.54) is 0 Å². The Balaban J connectivity index is 4.46. The summed E-state index contributed by atoms with van der Waals surface area (Å²) >= 11 is 0. The SMILES string of the molecule is CC=CC(OC(C=CC)C(C)C)C(C)C. The van der Waals surface area contributed by atoms with Gasteiger partial charge in [0.15, 0.2) is 0 Å². The Morgan fingerprint density at radius 2 is 1.07 bits per heavy atom. The van der Waals surface area contributed by atoms with Crippen LogP contribution in [0.2, 0.25) is 0 Å². The highest BCUT2D eigenvalue weighted by atomic mass is 16.5. The summed E-state index contributed by atoms with van der Waals surface area (Å²) in [5, 5.41) is 0. The summed E-state index contributed by atoms with van der Waals surface area (Å²) < 4.78 is 6.08. The molecule has 0 bridgehead atoms. The average molecular weight is 210 g/mol. The summed E-state index contributed by atoms with van der Waals surface area (Å²) in [5.74, 6) is 1.04. The van der Waals surface area contributed by atoms with Gasteiger partial charge in [-0.15, -0.1) is 0 Å². The van der Waals surface area contributed by atoms with Crippen molar-refractivity contribution in [2.75, 3.05) is 0 Å². The lowest BCUT2D eigenvalue weighted by atomic mass is 10.0. The molecule has 0 heterocycles. The Morgan fingerprint density at radius 1 is 0.733 bits per heavy atom. The van der Waals surface area contributed by atoms with Crippen LogP contribution in [0.15, 0.2) is 24.3 Å². The molecule has 15 heavy (non-hydrogen) atoms. The fourth-order valence-corrected chi connectivity index (χ4v) is 1.41. The average Bonchev–Trinajstić information content (AvgIpc) is 2.15. The highest BCUT2D eigenvalue weighted by Gasteiger charge is 2.17. The van der Waals surface area contributed by atoms with Crippen molar-refractivity contribution >= 4 is 0 Å². The maximum atomic E-state index is 6.08. The molecule has 0 spiro atoms. The maximum Gasteiger partial charge on any atom is 0.0786 e. The van der Waals surface area contributed by atoms with Gasteiger partial charge >= 0.3 is 0 Å². The van der Waals surface area contributed by atoms with Crippen molar-refractivity contribution in [1.82, 2.24) is 0 Å². The van der Waals surface area contributed by atoms with E-state index in [1.54, 1.807) is 0 Å². The summed E-state index contributed by atoms with van der Waals surface area (Å²) in [7, 11) is 0. The molecule has 0 rings (SSSR count). The highest BCUT2D eigenvalue weighted by molar-refractivity contribution is 4.94. The van der Waals surface area contributed by atoms with Gasteiger partial charge in [-0.1, -0.05) is 52.0 Å². The first-order valence-corrected chi connectivity index (χ1v) is 5.94. The van der Waals surface area contributed by atoms with Gasteiger partial charge in [0, 0.05) is 0 Å². The zero-order valence-corrected chi connectivity index (χ0v) is 11.0. The molecule has 0 saturated carbocycles. The van der Waals surface area contributed by atoms with Gasteiger partial charge in [-0.05, 0) is 25.7 Å². The molecule has 0 aliphatic rings. The van der Waals surface area contributed by atoms with Crippen LogP contribution in [-0.4, -0.2) is 12.2 Å². The van der Waals surface area contributed by atoms with Crippen molar-refractivity contribution in [3.05, 3.63) is 24.3 Å². The van der Waals surface area contributed by atoms with Crippen molar-refractivity contribution in [2.24, 2.45) is 11.8 Å². The number of ether oxygens (including phenoxy) is 1. The zero-order chi connectivity index (χ0) is 11.8. The molecule has 1 nitrogen and oxygen atoms in total. The van der Waals surface area contributed by atoms with Gasteiger partial charge in [0.1, 0.15) is 0 Å². The van der Waals surface area contributed by atoms with E-state index in [-0.39, 0.29) is 12.2 Å². The summed E-state index contributed by atoms with van der Waals surface area (Å²) in [6.45, 7) is 12.8. The third kappa shape index (κ3) is 5.78. The van der Waals surface area contributed by atoms with E-state index in [2.05, 4.69) is 52.0 Å². The fraction of sp³-hybridized carbons (Fsp3) is 0.714. The van der Waals surface area contributed by atoms with Gasteiger partial charge < -0.3 is 4.74 Å². The molecule has 2 unspecified atom stereocenters. The quantitative estimate of drug-likeness (QED) is 0.597. The molecule has 88 valence electrons. The van der Waals surface area contributed by atoms with E-state index in [0.717, 1.165) is 0 Å². The Bertz CT molecular complexity index is 179. The highest BCUT2D eigenvalue weighted by Crippen LogP contribution is 2.16. The van der Waals surface area contributed by atoms with Crippen molar-refractivity contribution in [1.29, 1.82) is 0 Å². The van der Waals surface area contributed by atoms with Crippen LogP contribution in [0.5, 0.6) is 0 Å². The molecule has 0 N–H and O–H groups in total. The molecule has 0 aromatic carbocycles. The Morgan fingerprint density at radius 3 is 1.27 bits per heavy atom. The van der Waals surface area contributed by atoms with E-state index in [9.17, 15) is 0 Å². The van der Waals surface area contributed by atoms with E-state index in [4.69, 9.17) is 4.74 Å². The molecule has 0 amide bonds. The van der Waals surface area contributed by atoms with Crippen molar-refractivity contribution in [3.63, 3.8) is 0 Å². The topological polar surface area (TPSA) is 9.23 Å². The first kappa shape index (κ1) is 14.4. The monoisotopic (exact) mass is 210 g/mol. The number of allylic oxidation sites excluding steroid dienone is 2. The van der Waals surface area contributed by atoms with E-state index < -0.39 is 0 Å². The molecule has 1 heteroatoms. The Kier molecular flexibility index (Phi) is 7.41. The van der Waals surface area contributed by atoms with Crippen LogP contribution in [0, 0.1) is 11.8 Å². The summed E-state index contributed by atoms with van der Waals surface area (Å²) in [4.78, 5) is 0. The second kappa shape index (κ2) is 7.70. The van der Waals surface area contributed by atoms with Gasteiger partial charge in [0.25, 0.3) is 0 Å². The predicted octanol–water partition coefficient (Wildman–Crippen LogP) is 4.20. The van der Waals surface area contributed by atoms with Crippen LogP contribution in [0.3, 0.4) is 0 Å². The maximum absolute atomic E-state index is 6.08. The second-order valence-corrected chi connectivity index (χ2v) is 4.60. The van der Waals surface area contributed by atoms with Crippen molar-refractivity contribution in [2.45, 2.75) is 53.8 Å². The number of hydrogen-bond donors (Lipinski definition) is 0. The Labute approximate surface area is 95.2 Å². The van der Waals surface area contributed by atoms with Gasteiger partial charge in [-0.3, -0.25) is 0 Å². The van der Waals surface area contributed by atoms with Crippen LogP contribution in [0.1, 0.15) is 41.5 Å². The molecule has 0 aliphatic carbocycles. The molecule has 2 atom stereocenters. The third-order valence-corrected chi connectivity index (χ3v) is 2.39. The molecule has 0 aliphatic heterocycles. The molecular formula is C14H26O. The number of rotatable bonds is 6. The molecule has 0 aromatic rings. The lowest BCUT2D eigenvalue weighted by Crippen LogP contribution is -2.27. The lowest BCUT2D eigenvalue weighted by molar-refractivity contribution is -0.00598. The van der Waals surface area contributed by atoms with Crippen LogP contribution in [0.4, 0.5) is 0 Å². The van der Waals surface area contributed by atoms with Gasteiger partial charge in [-0.2, -0.15) is 0 Å². The molecule has 0 radical (unpaired) electrons. The molecule has 0 fully saturated rings. The summed E-state index contributed by atoms with van der Waals surface area (Å²) in [6.07, 6.45) is 8.86.